The molecular formula is C9H15N5O3S. The fourth-order valence-corrected chi connectivity index (χ4v) is 1.91. The van der Waals surface area contributed by atoms with Crippen LogP contribution in [0.15, 0.2) is 17.3 Å². The summed E-state index contributed by atoms with van der Waals surface area (Å²) in [5, 5.41) is 2.55. The number of nitrogens with two attached hydrogens (primary N) is 1. The fourth-order valence-electron chi connectivity index (χ4n) is 1.04. The van der Waals surface area contributed by atoms with E-state index in [0.29, 0.717) is 6.54 Å². The van der Waals surface area contributed by atoms with Gasteiger partial charge in [-0.15, -0.1) is 0 Å². The van der Waals surface area contributed by atoms with E-state index in [1.165, 1.54) is 0 Å². The van der Waals surface area contributed by atoms with Gasteiger partial charge in [-0.05, 0) is 6.42 Å². The topological polar surface area (TPSA) is 127 Å². The number of carbonyl (C=O) groups is 1. The quantitative estimate of drug-likeness (QED) is 0.601. The predicted molar refractivity (Wildman–Crippen MR) is 64.9 cm³/mol. The molecule has 0 aliphatic carbocycles. The standard InChI is InChI=1S/C9H15N5O3S/c1-2-3-11-8(15)6-14-18(16,17)7-4-12-9(10)13-5-7/h4-5,14H,2-3,6H2,1H3,(H,11,15)(H2,10,12,13). The van der Waals surface area contributed by atoms with Crippen molar-refractivity contribution in [2.45, 2.75) is 18.2 Å². The van der Waals surface area contributed by atoms with E-state index in [2.05, 4.69) is 20.0 Å². The number of nitrogen functional groups attached to an aromatic ring is 1. The minimum Gasteiger partial charge on any atom is -0.368 e. The molecule has 1 amide bonds. The Morgan fingerprint density at radius 1 is 1.39 bits per heavy atom. The van der Waals surface area contributed by atoms with Crippen molar-refractivity contribution >= 4 is 21.9 Å². The van der Waals surface area contributed by atoms with Gasteiger partial charge in [0.25, 0.3) is 0 Å². The molecule has 1 aromatic rings. The summed E-state index contributed by atoms with van der Waals surface area (Å²) in [6.45, 7) is 2.08. The zero-order chi connectivity index (χ0) is 13.6. The van der Waals surface area contributed by atoms with Crippen LogP contribution in [0, 0.1) is 0 Å². The molecule has 0 aromatic carbocycles. The highest BCUT2D eigenvalue weighted by atomic mass is 32.2. The molecule has 18 heavy (non-hydrogen) atoms. The van der Waals surface area contributed by atoms with Gasteiger partial charge in [-0.25, -0.2) is 23.1 Å². The molecule has 9 heteroatoms. The molecule has 100 valence electrons. The summed E-state index contributed by atoms with van der Waals surface area (Å²) >= 11 is 0. The lowest BCUT2D eigenvalue weighted by atomic mass is 10.5. The summed E-state index contributed by atoms with van der Waals surface area (Å²) in [7, 11) is -3.79. The number of nitrogens with one attached hydrogen (secondary N) is 2. The molecule has 8 nitrogen and oxygen atoms in total. The van der Waals surface area contributed by atoms with Crippen molar-refractivity contribution in [2.75, 3.05) is 18.8 Å². The van der Waals surface area contributed by atoms with Gasteiger partial charge in [0.2, 0.25) is 21.9 Å². The van der Waals surface area contributed by atoms with E-state index in [9.17, 15) is 13.2 Å². The lowest BCUT2D eigenvalue weighted by Gasteiger charge is -2.06. The van der Waals surface area contributed by atoms with E-state index >= 15 is 0 Å². The number of nitrogens with zero attached hydrogens (tertiary/aromatic N) is 2. The molecule has 0 unspecified atom stereocenters. The summed E-state index contributed by atoms with van der Waals surface area (Å²) in [5.74, 6) is -0.411. The van der Waals surface area contributed by atoms with Gasteiger partial charge in [-0.2, -0.15) is 0 Å². The van der Waals surface area contributed by atoms with Crippen LogP contribution in [0.25, 0.3) is 0 Å². The molecule has 1 aromatic heterocycles. The second-order valence-corrected chi connectivity index (χ2v) is 5.22. The second-order valence-electron chi connectivity index (χ2n) is 3.45. The highest BCUT2D eigenvalue weighted by molar-refractivity contribution is 7.89. The van der Waals surface area contributed by atoms with E-state index in [4.69, 9.17) is 5.73 Å². The molecule has 0 fully saturated rings. The molecule has 4 N–H and O–H groups in total. The third-order valence-electron chi connectivity index (χ3n) is 1.95. The first-order valence-corrected chi connectivity index (χ1v) is 6.78. The third kappa shape index (κ3) is 4.26. The number of rotatable bonds is 6. The average molecular weight is 273 g/mol. The molecule has 0 radical (unpaired) electrons. The largest absolute Gasteiger partial charge is 0.368 e. The van der Waals surface area contributed by atoms with Crippen LogP contribution in [0.2, 0.25) is 0 Å². The van der Waals surface area contributed by atoms with Crippen LogP contribution in [0.5, 0.6) is 0 Å². The van der Waals surface area contributed by atoms with Crippen LogP contribution in [-0.4, -0.2) is 37.4 Å². The van der Waals surface area contributed by atoms with Crippen molar-refractivity contribution < 1.29 is 13.2 Å². The van der Waals surface area contributed by atoms with Crippen LogP contribution < -0.4 is 15.8 Å². The van der Waals surface area contributed by atoms with Crippen molar-refractivity contribution in [3.63, 3.8) is 0 Å². The third-order valence-corrected chi connectivity index (χ3v) is 3.31. The SMILES string of the molecule is CCCNC(=O)CNS(=O)(=O)c1cnc(N)nc1. The monoisotopic (exact) mass is 273 g/mol. The summed E-state index contributed by atoms with van der Waals surface area (Å²) < 4.78 is 25.6. The van der Waals surface area contributed by atoms with Gasteiger partial charge in [0.1, 0.15) is 4.90 Å². The summed E-state index contributed by atoms with van der Waals surface area (Å²) in [6.07, 6.45) is 2.94. The van der Waals surface area contributed by atoms with E-state index in [1.807, 2.05) is 6.92 Å². The van der Waals surface area contributed by atoms with Crippen molar-refractivity contribution in [3.05, 3.63) is 12.4 Å². The van der Waals surface area contributed by atoms with Gasteiger partial charge in [-0.1, -0.05) is 6.92 Å². The number of aromatic nitrogens is 2. The lowest BCUT2D eigenvalue weighted by Crippen LogP contribution is -2.37. The number of hydrogen-bond donors (Lipinski definition) is 3. The fraction of sp³-hybridized carbons (Fsp3) is 0.444. The Bertz CT molecular complexity index is 499. The van der Waals surface area contributed by atoms with Crippen molar-refractivity contribution in [3.8, 4) is 0 Å². The van der Waals surface area contributed by atoms with Crippen LogP contribution in [0.4, 0.5) is 5.95 Å². The molecule has 0 atom stereocenters. The van der Waals surface area contributed by atoms with E-state index in [0.717, 1.165) is 18.8 Å². The lowest BCUT2D eigenvalue weighted by molar-refractivity contribution is -0.119. The molecular weight excluding hydrogens is 258 g/mol. The van der Waals surface area contributed by atoms with Crippen LogP contribution in [-0.2, 0) is 14.8 Å². The maximum absolute atomic E-state index is 11.7. The van der Waals surface area contributed by atoms with E-state index < -0.39 is 15.9 Å². The molecule has 1 heterocycles. The Kier molecular flexibility index (Phi) is 4.98. The molecule has 0 saturated heterocycles. The van der Waals surface area contributed by atoms with Gasteiger partial charge in [0.15, 0.2) is 0 Å². The molecule has 0 spiro atoms. The maximum atomic E-state index is 11.7. The Morgan fingerprint density at radius 3 is 2.56 bits per heavy atom. The normalized spacial score (nSPS) is 11.2. The first-order chi connectivity index (χ1) is 8.45. The van der Waals surface area contributed by atoms with Crippen molar-refractivity contribution in [2.24, 2.45) is 0 Å². The maximum Gasteiger partial charge on any atom is 0.244 e. The average Bonchev–Trinajstić information content (AvgIpc) is 2.34. The van der Waals surface area contributed by atoms with Gasteiger partial charge in [0.05, 0.1) is 18.9 Å². The van der Waals surface area contributed by atoms with Crippen LogP contribution in [0.1, 0.15) is 13.3 Å². The first kappa shape index (κ1) is 14.3. The van der Waals surface area contributed by atoms with Crippen molar-refractivity contribution in [1.82, 2.24) is 20.0 Å². The molecule has 1 rings (SSSR count). The molecule has 0 saturated carbocycles. The molecule has 0 aliphatic rings. The Labute approximate surface area is 105 Å². The highest BCUT2D eigenvalue weighted by Gasteiger charge is 2.16. The van der Waals surface area contributed by atoms with Gasteiger partial charge >= 0.3 is 0 Å². The Balaban J connectivity index is 2.60. The molecule has 0 bridgehead atoms. The smallest absolute Gasteiger partial charge is 0.244 e. The summed E-state index contributed by atoms with van der Waals surface area (Å²) in [6, 6.07) is 0. The number of carbonyl (C=O) groups excluding carboxylic acids is 1. The highest BCUT2D eigenvalue weighted by Crippen LogP contribution is 2.04. The second kappa shape index (κ2) is 6.26. The Hall–Kier alpha value is -1.74. The van der Waals surface area contributed by atoms with Crippen LogP contribution >= 0.6 is 0 Å². The zero-order valence-corrected chi connectivity index (χ0v) is 10.7. The van der Waals surface area contributed by atoms with Crippen molar-refractivity contribution in [1.29, 1.82) is 0 Å². The number of hydrogen-bond acceptors (Lipinski definition) is 6. The van der Waals surface area contributed by atoms with Gasteiger partial charge in [-0.3, -0.25) is 4.79 Å². The minimum absolute atomic E-state index is 0.0189. The summed E-state index contributed by atoms with van der Waals surface area (Å²) in [4.78, 5) is 18.2. The van der Waals surface area contributed by atoms with Crippen LogP contribution in [0.3, 0.4) is 0 Å². The van der Waals surface area contributed by atoms with E-state index in [-0.39, 0.29) is 17.4 Å². The summed E-state index contributed by atoms with van der Waals surface area (Å²) in [5.41, 5.74) is 5.25. The number of sulfonamides is 1. The van der Waals surface area contributed by atoms with E-state index in [1.54, 1.807) is 0 Å². The predicted octanol–water partition coefficient (Wildman–Crippen LogP) is -1.14. The minimum atomic E-state index is -3.79. The number of anilines is 1. The first-order valence-electron chi connectivity index (χ1n) is 5.29. The van der Waals surface area contributed by atoms with Gasteiger partial charge < -0.3 is 11.1 Å². The Morgan fingerprint density at radius 2 is 2.00 bits per heavy atom. The molecule has 0 aliphatic heterocycles. The number of amides is 1. The zero-order valence-electron chi connectivity index (χ0n) is 9.88. The van der Waals surface area contributed by atoms with Gasteiger partial charge in [0, 0.05) is 6.54 Å².